The van der Waals surface area contributed by atoms with Gasteiger partial charge in [0.2, 0.25) is 5.91 Å². The highest BCUT2D eigenvalue weighted by molar-refractivity contribution is 5.87. The number of hydrogen-bond acceptors (Lipinski definition) is 5. The van der Waals surface area contributed by atoms with Crippen molar-refractivity contribution in [2.24, 2.45) is 0 Å². The Morgan fingerprint density at radius 1 is 1.16 bits per heavy atom. The van der Waals surface area contributed by atoms with Gasteiger partial charge in [-0.2, -0.15) is 0 Å². The van der Waals surface area contributed by atoms with Crippen LogP contribution < -0.4 is 4.74 Å². The Morgan fingerprint density at radius 3 is 2.52 bits per heavy atom. The van der Waals surface area contributed by atoms with Crippen LogP contribution in [0.25, 0.3) is 6.08 Å². The molecule has 1 N–H and O–H groups in total. The van der Waals surface area contributed by atoms with Crippen LogP contribution in [-0.4, -0.2) is 52.4 Å². The molecule has 0 saturated carbocycles. The first-order valence-corrected chi connectivity index (χ1v) is 10.1. The third-order valence-electron chi connectivity index (χ3n) is 4.70. The fourth-order valence-corrected chi connectivity index (χ4v) is 3.25. The quantitative estimate of drug-likeness (QED) is 0.811. The molecular formula is C24H28N2O5. The molecule has 7 nitrogen and oxygen atoms in total. The van der Waals surface area contributed by atoms with Crippen molar-refractivity contribution in [3.8, 4) is 5.75 Å². The second kappa shape index (κ2) is 9.22. The zero-order chi connectivity index (χ0) is 22.6. The number of benzene rings is 2. The van der Waals surface area contributed by atoms with E-state index in [4.69, 9.17) is 9.47 Å². The summed E-state index contributed by atoms with van der Waals surface area (Å²) < 4.78 is 10.7. The Bertz CT molecular complexity index is 965. The predicted octanol–water partition coefficient (Wildman–Crippen LogP) is 3.63. The van der Waals surface area contributed by atoms with Gasteiger partial charge in [-0.05, 0) is 50.1 Å². The lowest BCUT2D eigenvalue weighted by atomic mass is 10.1. The summed E-state index contributed by atoms with van der Waals surface area (Å²) in [7, 11) is 1.57. The van der Waals surface area contributed by atoms with Gasteiger partial charge >= 0.3 is 6.09 Å². The molecule has 1 heterocycles. The predicted molar refractivity (Wildman–Crippen MR) is 117 cm³/mol. The van der Waals surface area contributed by atoms with Gasteiger partial charge in [0.15, 0.2) is 6.23 Å². The van der Waals surface area contributed by atoms with Crippen LogP contribution >= 0.6 is 0 Å². The van der Waals surface area contributed by atoms with Gasteiger partial charge in [-0.1, -0.05) is 42.5 Å². The van der Waals surface area contributed by atoms with Crippen LogP contribution in [0.15, 0.2) is 60.3 Å². The van der Waals surface area contributed by atoms with Gasteiger partial charge in [-0.3, -0.25) is 9.69 Å². The highest BCUT2D eigenvalue weighted by atomic mass is 16.6. The Kier molecular flexibility index (Phi) is 6.65. The van der Waals surface area contributed by atoms with Crippen LogP contribution in [0.5, 0.6) is 5.75 Å². The molecule has 31 heavy (non-hydrogen) atoms. The van der Waals surface area contributed by atoms with E-state index in [9.17, 15) is 14.7 Å². The number of carbonyl (C=O) groups is 2. The number of nitrogens with zero attached hydrogens (tertiary/aromatic N) is 2. The van der Waals surface area contributed by atoms with E-state index in [-0.39, 0.29) is 19.0 Å². The van der Waals surface area contributed by atoms with Crippen LogP contribution in [0.2, 0.25) is 0 Å². The molecule has 2 amide bonds. The monoisotopic (exact) mass is 424 g/mol. The van der Waals surface area contributed by atoms with Gasteiger partial charge < -0.3 is 19.5 Å². The first kappa shape index (κ1) is 22.4. The van der Waals surface area contributed by atoms with Crippen molar-refractivity contribution in [1.29, 1.82) is 0 Å². The standard InChI is InChI=1S/C24H28N2O5/c1-24(2,3)31-23(29)26-16-21(27)25(15-17-9-6-5-7-10-17)20(22(26)28)14-18-11-8-12-19(13-18)30-4/h5-14,22,28H,15-16H2,1-4H3/b20-14-. The number of ether oxygens (including phenoxy) is 2. The first-order valence-electron chi connectivity index (χ1n) is 10.1. The van der Waals surface area contributed by atoms with Crippen LogP contribution in [0, 0.1) is 0 Å². The van der Waals surface area contributed by atoms with E-state index in [0.717, 1.165) is 16.0 Å². The van der Waals surface area contributed by atoms with Crippen molar-refractivity contribution in [2.45, 2.75) is 39.1 Å². The van der Waals surface area contributed by atoms with E-state index < -0.39 is 17.9 Å². The van der Waals surface area contributed by atoms with E-state index in [0.29, 0.717) is 11.4 Å². The van der Waals surface area contributed by atoms with Crippen LogP contribution in [-0.2, 0) is 16.1 Å². The summed E-state index contributed by atoms with van der Waals surface area (Å²) >= 11 is 0. The molecule has 1 saturated heterocycles. The van der Waals surface area contributed by atoms with Gasteiger partial charge in [-0.25, -0.2) is 4.79 Å². The number of amides is 2. The molecule has 7 heteroatoms. The van der Waals surface area contributed by atoms with Crippen LogP contribution in [0.3, 0.4) is 0 Å². The van der Waals surface area contributed by atoms with Crippen molar-refractivity contribution in [2.75, 3.05) is 13.7 Å². The molecule has 0 spiro atoms. The Balaban J connectivity index is 1.99. The van der Waals surface area contributed by atoms with Gasteiger partial charge in [0.1, 0.15) is 17.9 Å². The molecule has 3 rings (SSSR count). The number of piperazine rings is 1. The molecule has 164 valence electrons. The summed E-state index contributed by atoms with van der Waals surface area (Å²) in [6, 6.07) is 16.7. The van der Waals surface area contributed by atoms with Crippen molar-refractivity contribution in [3.63, 3.8) is 0 Å². The molecule has 2 aromatic rings. The van der Waals surface area contributed by atoms with E-state index in [2.05, 4.69) is 0 Å². The smallest absolute Gasteiger partial charge is 0.413 e. The van der Waals surface area contributed by atoms with E-state index in [1.807, 2.05) is 42.5 Å². The van der Waals surface area contributed by atoms with E-state index >= 15 is 0 Å². The second-order valence-electron chi connectivity index (χ2n) is 8.29. The first-order chi connectivity index (χ1) is 14.7. The fraction of sp³-hybridized carbons (Fsp3) is 0.333. The third kappa shape index (κ3) is 5.64. The van der Waals surface area contributed by atoms with Crippen LogP contribution in [0.1, 0.15) is 31.9 Å². The largest absolute Gasteiger partial charge is 0.497 e. The summed E-state index contributed by atoms with van der Waals surface area (Å²) in [5.74, 6) is 0.332. The summed E-state index contributed by atoms with van der Waals surface area (Å²) in [6.45, 7) is 5.19. The van der Waals surface area contributed by atoms with Crippen molar-refractivity contribution >= 4 is 18.1 Å². The molecule has 0 bridgehead atoms. The number of aliphatic hydroxyl groups is 1. The number of carbonyl (C=O) groups excluding carboxylic acids is 2. The zero-order valence-electron chi connectivity index (χ0n) is 18.2. The molecule has 1 fully saturated rings. The lowest BCUT2D eigenvalue weighted by molar-refractivity contribution is -0.140. The van der Waals surface area contributed by atoms with E-state index in [1.54, 1.807) is 46.1 Å². The fourth-order valence-electron chi connectivity index (χ4n) is 3.25. The Hall–Kier alpha value is -3.32. The summed E-state index contributed by atoms with van der Waals surface area (Å²) in [5.41, 5.74) is 1.17. The molecule has 1 atom stereocenters. The number of rotatable bonds is 4. The molecule has 1 aliphatic heterocycles. The minimum atomic E-state index is -1.34. The summed E-state index contributed by atoms with van der Waals surface area (Å²) in [6.07, 6.45) is -0.406. The molecule has 0 radical (unpaired) electrons. The molecule has 1 aliphatic rings. The maximum absolute atomic E-state index is 13.0. The number of hydrogen-bond donors (Lipinski definition) is 1. The normalized spacial score (nSPS) is 18.3. The lowest BCUT2D eigenvalue weighted by Gasteiger charge is -2.40. The molecule has 0 aliphatic carbocycles. The van der Waals surface area contributed by atoms with Crippen molar-refractivity contribution < 1.29 is 24.2 Å². The Labute approximate surface area is 182 Å². The van der Waals surface area contributed by atoms with Crippen LogP contribution in [0.4, 0.5) is 4.79 Å². The average molecular weight is 424 g/mol. The highest BCUT2D eigenvalue weighted by Crippen LogP contribution is 2.27. The topological polar surface area (TPSA) is 79.3 Å². The summed E-state index contributed by atoms with van der Waals surface area (Å²) in [4.78, 5) is 28.3. The number of methoxy groups -OCH3 is 1. The summed E-state index contributed by atoms with van der Waals surface area (Å²) in [5, 5.41) is 11.1. The van der Waals surface area contributed by atoms with Gasteiger partial charge in [0.05, 0.1) is 19.4 Å². The average Bonchev–Trinajstić information content (AvgIpc) is 2.72. The van der Waals surface area contributed by atoms with Gasteiger partial charge in [0, 0.05) is 0 Å². The zero-order valence-corrected chi connectivity index (χ0v) is 18.2. The third-order valence-corrected chi connectivity index (χ3v) is 4.70. The molecule has 0 aromatic heterocycles. The van der Waals surface area contributed by atoms with E-state index in [1.165, 1.54) is 4.90 Å². The highest BCUT2D eigenvalue weighted by Gasteiger charge is 2.40. The molecule has 2 aromatic carbocycles. The van der Waals surface area contributed by atoms with Crippen molar-refractivity contribution in [1.82, 2.24) is 9.80 Å². The SMILES string of the molecule is COc1cccc(/C=C2/C(O)N(C(=O)OC(C)(C)C)CC(=O)N2Cc2ccccc2)c1. The maximum atomic E-state index is 13.0. The van der Waals surface area contributed by atoms with Crippen molar-refractivity contribution in [3.05, 3.63) is 71.4 Å². The second-order valence-corrected chi connectivity index (χ2v) is 8.29. The minimum Gasteiger partial charge on any atom is -0.497 e. The lowest BCUT2D eigenvalue weighted by Crippen LogP contribution is -2.56. The maximum Gasteiger partial charge on any atom is 0.413 e. The molecule has 1 unspecified atom stereocenters. The van der Waals surface area contributed by atoms with Gasteiger partial charge in [-0.15, -0.1) is 0 Å². The van der Waals surface area contributed by atoms with Gasteiger partial charge in [0.25, 0.3) is 0 Å². The minimum absolute atomic E-state index is 0.273. The number of aliphatic hydroxyl groups excluding tert-OH is 1. The molecular weight excluding hydrogens is 396 g/mol. The Morgan fingerprint density at radius 2 is 1.87 bits per heavy atom.